The van der Waals surface area contributed by atoms with Gasteiger partial charge in [-0.05, 0) is 36.5 Å². The van der Waals surface area contributed by atoms with Crippen molar-refractivity contribution in [2.24, 2.45) is 11.8 Å². The zero-order valence-corrected chi connectivity index (χ0v) is 17.0. The lowest BCUT2D eigenvalue weighted by atomic mass is 9.92. The number of hydrogen-bond acceptors (Lipinski definition) is 5. The summed E-state index contributed by atoms with van der Waals surface area (Å²) in [5, 5.41) is 9.67. The highest BCUT2D eigenvalue weighted by Crippen LogP contribution is 2.30. The number of thioether (sulfide) groups is 1. The van der Waals surface area contributed by atoms with Gasteiger partial charge in [0.1, 0.15) is 0 Å². The number of benzene rings is 1. The highest BCUT2D eigenvalue weighted by molar-refractivity contribution is 7.99. The van der Waals surface area contributed by atoms with Crippen molar-refractivity contribution in [3.05, 3.63) is 28.2 Å². The molecule has 6 nitrogen and oxygen atoms in total. The molecule has 1 aliphatic heterocycles. The number of carbonyl (C=O) groups is 1. The monoisotopic (exact) mass is 413 g/mol. The van der Waals surface area contributed by atoms with Crippen LogP contribution in [0, 0.1) is 11.8 Å². The lowest BCUT2D eigenvalue weighted by Gasteiger charge is -2.34. The van der Waals surface area contributed by atoms with E-state index in [0.29, 0.717) is 38.4 Å². The molecule has 1 amide bonds. The van der Waals surface area contributed by atoms with Crippen molar-refractivity contribution in [2.75, 3.05) is 24.7 Å². The second kappa shape index (κ2) is 8.06. The molecular weight excluding hydrogens is 393 g/mol. The Balaban J connectivity index is 1.69. The minimum atomic E-state index is 0.0961. The Morgan fingerprint density at radius 3 is 2.65 bits per heavy atom. The van der Waals surface area contributed by atoms with Crippen LogP contribution < -0.4 is 5.84 Å². The van der Waals surface area contributed by atoms with Crippen LogP contribution in [-0.2, 0) is 4.79 Å². The number of aromatic nitrogens is 3. The third-order valence-corrected chi connectivity index (χ3v) is 5.87. The molecule has 140 valence electrons. The van der Waals surface area contributed by atoms with Crippen LogP contribution in [0.15, 0.2) is 23.4 Å². The lowest BCUT2D eigenvalue weighted by molar-refractivity contribution is -0.130. The van der Waals surface area contributed by atoms with E-state index in [-0.39, 0.29) is 11.7 Å². The molecule has 1 aromatic heterocycles. The van der Waals surface area contributed by atoms with Gasteiger partial charge in [-0.15, -0.1) is 10.2 Å². The van der Waals surface area contributed by atoms with Crippen LogP contribution in [0.3, 0.4) is 0 Å². The number of amides is 1. The second-order valence-corrected chi connectivity index (χ2v) is 8.62. The summed E-state index contributed by atoms with van der Waals surface area (Å²) in [7, 11) is 0. The normalized spacial score (nSPS) is 20.4. The average Bonchev–Trinajstić information content (AvgIpc) is 2.94. The quantitative estimate of drug-likeness (QED) is 0.612. The van der Waals surface area contributed by atoms with Gasteiger partial charge < -0.3 is 10.7 Å². The number of hydrogen-bond donors (Lipinski definition) is 1. The highest BCUT2D eigenvalue weighted by Gasteiger charge is 2.26. The molecule has 26 heavy (non-hydrogen) atoms. The summed E-state index contributed by atoms with van der Waals surface area (Å²) in [6.45, 7) is 5.98. The van der Waals surface area contributed by atoms with Gasteiger partial charge in [0.15, 0.2) is 5.82 Å². The first-order valence-electron chi connectivity index (χ1n) is 8.41. The molecule has 0 radical (unpaired) electrons. The van der Waals surface area contributed by atoms with E-state index in [0.717, 1.165) is 19.5 Å². The Labute approximate surface area is 167 Å². The van der Waals surface area contributed by atoms with E-state index in [9.17, 15) is 4.79 Å². The third-order valence-electron chi connectivity index (χ3n) is 4.38. The fourth-order valence-electron chi connectivity index (χ4n) is 3.31. The standard InChI is InChI=1S/C17H21Cl2N5OS/c1-10-5-11(2)8-23(7-10)15(25)9-26-17-22-21-16(24(17)20)13-6-12(18)3-4-14(13)19/h3-4,6,10-11H,5,7-9,20H2,1-2H3/t10-,11-/m1/s1. The third kappa shape index (κ3) is 4.27. The lowest BCUT2D eigenvalue weighted by Crippen LogP contribution is -2.43. The molecule has 0 saturated carbocycles. The molecule has 1 aliphatic rings. The minimum Gasteiger partial charge on any atom is -0.341 e. The van der Waals surface area contributed by atoms with Crippen LogP contribution in [0.25, 0.3) is 11.4 Å². The van der Waals surface area contributed by atoms with Crippen molar-refractivity contribution in [1.29, 1.82) is 0 Å². The molecular formula is C17H21Cl2N5OS. The molecule has 3 rings (SSSR count). The van der Waals surface area contributed by atoms with Crippen LogP contribution >= 0.6 is 35.0 Å². The van der Waals surface area contributed by atoms with Gasteiger partial charge in [-0.2, -0.15) is 0 Å². The Morgan fingerprint density at radius 2 is 1.96 bits per heavy atom. The van der Waals surface area contributed by atoms with E-state index < -0.39 is 0 Å². The summed E-state index contributed by atoms with van der Waals surface area (Å²) in [5.74, 6) is 7.95. The Kier molecular flexibility index (Phi) is 5.99. The van der Waals surface area contributed by atoms with E-state index in [1.54, 1.807) is 18.2 Å². The topological polar surface area (TPSA) is 77.0 Å². The summed E-state index contributed by atoms with van der Waals surface area (Å²) < 4.78 is 1.34. The zero-order valence-electron chi connectivity index (χ0n) is 14.7. The second-order valence-electron chi connectivity index (χ2n) is 6.83. The van der Waals surface area contributed by atoms with Crippen LogP contribution in [-0.4, -0.2) is 44.5 Å². The predicted octanol–water partition coefficient (Wildman–Crippen LogP) is 3.56. The smallest absolute Gasteiger partial charge is 0.233 e. The van der Waals surface area contributed by atoms with Crippen LogP contribution in [0.1, 0.15) is 20.3 Å². The number of nitrogen functional groups attached to an aromatic ring is 1. The molecule has 9 heteroatoms. The van der Waals surface area contributed by atoms with E-state index in [4.69, 9.17) is 29.0 Å². The maximum atomic E-state index is 12.5. The van der Waals surface area contributed by atoms with Crippen LogP contribution in [0.4, 0.5) is 0 Å². The molecule has 0 aliphatic carbocycles. The van der Waals surface area contributed by atoms with Gasteiger partial charge in [0.05, 0.1) is 10.8 Å². The average molecular weight is 414 g/mol. The zero-order chi connectivity index (χ0) is 18.8. The minimum absolute atomic E-state index is 0.0961. The summed E-state index contributed by atoms with van der Waals surface area (Å²) in [6, 6.07) is 5.07. The molecule has 2 N–H and O–H groups in total. The first-order valence-corrected chi connectivity index (χ1v) is 10.2. The SMILES string of the molecule is C[C@@H]1C[C@@H](C)CN(C(=O)CSc2nnc(-c3cc(Cl)ccc3Cl)n2N)C1. The summed E-state index contributed by atoms with van der Waals surface area (Å²) in [4.78, 5) is 14.4. The molecule has 1 aromatic carbocycles. The van der Waals surface area contributed by atoms with E-state index >= 15 is 0 Å². The number of nitrogens with zero attached hydrogens (tertiary/aromatic N) is 4. The highest BCUT2D eigenvalue weighted by atomic mass is 35.5. The van der Waals surface area contributed by atoms with Gasteiger partial charge in [0.25, 0.3) is 0 Å². The maximum Gasteiger partial charge on any atom is 0.233 e. The van der Waals surface area contributed by atoms with Crippen molar-refractivity contribution >= 4 is 40.9 Å². The molecule has 0 bridgehead atoms. The predicted molar refractivity (Wildman–Crippen MR) is 106 cm³/mol. The van der Waals surface area contributed by atoms with Crippen molar-refractivity contribution in [3.8, 4) is 11.4 Å². The van der Waals surface area contributed by atoms with E-state index in [1.165, 1.54) is 16.4 Å². The fraction of sp³-hybridized carbons (Fsp3) is 0.471. The summed E-state index contributed by atoms with van der Waals surface area (Å²) in [5.41, 5.74) is 0.603. The Hall–Kier alpha value is -1.44. The van der Waals surface area contributed by atoms with Gasteiger partial charge in [-0.1, -0.05) is 48.8 Å². The molecule has 0 spiro atoms. The van der Waals surface area contributed by atoms with Gasteiger partial charge in [0.2, 0.25) is 11.1 Å². The number of carbonyl (C=O) groups excluding carboxylic acids is 1. The first kappa shape index (κ1) is 19.3. The number of nitrogens with two attached hydrogens (primary N) is 1. The fourth-order valence-corrected chi connectivity index (χ4v) is 4.45. The summed E-state index contributed by atoms with van der Waals surface area (Å²) >= 11 is 13.5. The molecule has 2 atom stereocenters. The van der Waals surface area contributed by atoms with E-state index in [2.05, 4.69) is 24.0 Å². The van der Waals surface area contributed by atoms with E-state index in [1.807, 2.05) is 4.90 Å². The molecule has 2 aromatic rings. The Morgan fingerprint density at radius 1 is 1.27 bits per heavy atom. The number of halogens is 2. The number of rotatable bonds is 4. The largest absolute Gasteiger partial charge is 0.341 e. The van der Waals surface area contributed by atoms with Crippen LogP contribution in [0.5, 0.6) is 0 Å². The Bertz CT molecular complexity index is 802. The van der Waals surface area contributed by atoms with Gasteiger partial charge >= 0.3 is 0 Å². The number of piperidine rings is 1. The van der Waals surface area contributed by atoms with Crippen LogP contribution in [0.2, 0.25) is 10.0 Å². The molecule has 0 unspecified atom stereocenters. The van der Waals surface area contributed by atoms with Gasteiger partial charge in [-0.25, -0.2) is 4.68 Å². The molecule has 1 fully saturated rings. The molecule has 2 heterocycles. The molecule has 1 saturated heterocycles. The number of likely N-dealkylation sites (tertiary alicyclic amines) is 1. The first-order chi connectivity index (χ1) is 12.3. The van der Waals surface area contributed by atoms with Crippen molar-refractivity contribution in [2.45, 2.75) is 25.4 Å². The van der Waals surface area contributed by atoms with Crippen molar-refractivity contribution < 1.29 is 4.79 Å². The van der Waals surface area contributed by atoms with Gasteiger partial charge in [0, 0.05) is 23.7 Å². The van der Waals surface area contributed by atoms with Crippen molar-refractivity contribution in [3.63, 3.8) is 0 Å². The van der Waals surface area contributed by atoms with Gasteiger partial charge in [-0.3, -0.25) is 4.79 Å². The summed E-state index contributed by atoms with van der Waals surface area (Å²) in [6.07, 6.45) is 1.16. The van der Waals surface area contributed by atoms with Crippen molar-refractivity contribution in [1.82, 2.24) is 19.8 Å². The maximum absolute atomic E-state index is 12.5.